The van der Waals surface area contributed by atoms with E-state index in [1.165, 1.54) is 0 Å². The molecular weight excluding hydrogens is 274 g/mol. The number of hydrogen-bond acceptors (Lipinski definition) is 3. The highest BCUT2D eigenvalue weighted by Gasteiger charge is 2.34. The number of rotatable bonds is 7. The third-order valence-electron chi connectivity index (χ3n) is 3.76. The molecule has 5 nitrogen and oxygen atoms in total. The van der Waals surface area contributed by atoms with Gasteiger partial charge in [-0.1, -0.05) is 0 Å². The summed E-state index contributed by atoms with van der Waals surface area (Å²) in [7, 11) is 0.346. The molecule has 1 N–H and O–H groups in total. The van der Waals surface area contributed by atoms with Gasteiger partial charge < -0.3 is 9.88 Å². The highest BCUT2D eigenvalue weighted by atomic mass is 32.2. The van der Waals surface area contributed by atoms with Crippen molar-refractivity contribution in [3.63, 3.8) is 0 Å². The molecule has 6 heteroatoms. The molecule has 0 atom stereocenters. The number of sulfonamides is 1. The molecule has 1 aliphatic rings. The van der Waals surface area contributed by atoms with Gasteiger partial charge in [0.15, 0.2) is 0 Å². The molecule has 1 fully saturated rings. The predicted molar refractivity (Wildman–Crippen MR) is 79.9 cm³/mol. The van der Waals surface area contributed by atoms with E-state index in [0.717, 1.165) is 18.5 Å². The van der Waals surface area contributed by atoms with E-state index in [1.807, 2.05) is 32.5 Å². The van der Waals surface area contributed by atoms with Gasteiger partial charge in [-0.05, 0) is 45.7 Å². The molecule has 20 heavy (non-hydrogen) atoms. The van der Waals surface area contributed by atoms with Crippen LogP contribution < -0.4 is 5.32 Å². The Balaban J connectivity index is 2.28. The van der Waals surface area contributed by atoms with Gasteiger partial charge in [0.2, 0.25) is 10.0 Å². The molecule has 0 aromatic carbocycles. The summed E-state index contributed by atoms with van der Waals surface area (Å²) in [6.45, 7) is 5.20. The Labute approximate surface area is 122 Å². The standard InChI is InChI=1S/C14H25N3O2S/c1-11(2)17(9-12-5-6-12)20(18,19)14-7-13(8-15-3)16(4)10-14/h7,10-12,15H,5-6,8-9H2,1-4H3. The molecule has 0 bridgehead atoms. The van der Waals surface area contributed by atoms with Gasteiger partial charge in [-0.15, -0.1) is 0 Å². The van der Waals surface area contributed by atoms with Crippen LogP contribution in [0.3, 0.4) is 0 Å². The monoisotopic (exact) mass is 299 g/mol. The zero-order chi connectivity index (χ0) is 14.9. The second kappa shape index (κ2) is 5.87. The SMILES string of the molecule is CNCc1cc(S(=O)(=O)N(CC2CC2)C(C)C)cn1C. The summed E-state index contributed by atoms with van der Waals surface area (Å²) in [5, 5.41) is 3.05. The number of hydrogen-bond donors (Lipinski definition) is 1. The van der Waals surface area contributed by atoms with Crippen LogP contribution >= 0.6 is 0 Å². The molecular formula is C14H25N3O2S. The summed E-state index contributed by atoms with van der Waals surface area (Å²) in [6.07, 6.45) is 4.02. The van der Waals surface area contributed by atoms with Crippen LogP contribution in [-0.4, -0.2) is 36.9 Å². The molecule has 114 valence electrons. The molecule has 1 aromatic rings. The molecule has 2 rings (SSSR count). The van der Waals surface area contributed by atoms with Crippen LogP contribution in [0.4, 0.5) is 0 Å². The van der Waals surface area contributed by atoms with Crippen LogP contribution in [0.1, 0.15) is 32.4 Å². The molecule has 0 saturated heterocycles. The van der Waals surface area contributed by atoms with Crippen molar-refractivity contribution < 1.29 is 8.42 Å². The molecule has 1 saturated carbocycles. The fourth-order valence-corrected chi connectivity index (χ4v) is 4.16. The molecule has 1 aromatic heterocycles. The van der Waals surface area contributed by atoms with Crippen LogP contribution in [0.2, 0.25) is 0 Å². The van der Waals surface area contributed by atoms with Gasteiger partial charge in [-0.2, -0.15) is 4.31 Å². The van der Waals surface area contributed by atoms with Crippen LogP contribution in [0.5, 0.6) is 0 Å². The molecule has 0 aliphatic heterocycles. The first-order chi connectivity index (χ1) is 9.36. The largest absolute Gasteiger partial charge is 0.352 e. The Bertz CT molecular complexity index is 559. The molecule has 1 heterocycles. The smallest absolute Gasteiger partial charge is 0.244 e. The summed E-state index contributed by atoms with van der Waals surface area (Å²) in [4.78, 5) is 0.402. The maximum Gasteiger partial charge on any atom is 0.244 e. The number of nitrogens with zero attached hydrogens (tertiary/aromatic N) is 2. The fraction of sp³-hybridized carbons (Fsp3) is 0.714. The van der Waals surface area contributed by atoms with Crippen molar-refractivity contribution in [2.45, 2.75) is 44.2 Å². The third-order valence-corrected chi connectivity index (χ3v) is 5.77. The summed E-state index contributed by atoms with van der Waals surface area (Å²) >= 11 is 0. The summed E-state index contributed by atoms with van der Waals surface area (Å²) in [6, 6.07) is 1.77. The summed E-state index contributed by atoms with van der Waals surface area (Å²) in [5.41, 5.74) is 0.973. The van der Waals surface area contributed by atoms with Crippen LogP contribution in [-0.2, 0) is 23.6 Å². The first-order valence-corrected chi connectivity index (χ1v) is 8.62. The Morgan fingerprint density at radius 1 is 1.45 bits per heavy atom. The van der Waals surface area contributed by atoms with E-state index in [9.17, 15) is 8.42 Å². The Kier molecular flexibility index (Phi) is 4.56. The van der Waals surface area contributed by atoms with Crippen LogP contribution in [0.25, 0.3) is 0 Å². The van der Waals surface area contributed by atoms with E-state index in [4.69, 9.17) is 0 Å². The van der Waals surface area contributed by atoms with Gasteiger partial charge in [-0.25, -0.2) is 8.42 Å². The normalized spacial score (nSPS) is 16.3. The lowest BCUT2D eigenvalue weighted by Crippen LogP contribution is -2.38. The first kappa shape index (κ1) is 15.5. The molecule has 1 aliphatic carbocycles. The third kappa shape index (κ3) is 3.24. The van der Waals surface area contributed by atoms with Crippen LogP contribution in [0.15, 0.2) is 17.2 Å². The minimum Gasteiger partial charge on any atom is -0.352 e. The lowest BCUT2D eigenvalue weighted by molar-refractivity contribution is 0.341. The number of aromatic nitrogens is 1. The van der Waals surface area contributed by atoms with Gasteiger partial charge in [0.25, 0.3) is 0 Å². The van der Waals surface area contributed by atoms with E-state index in [2.05, 4.69) is 5.32 Å². The maximum absolute atomic E-state index is 12.8. The highest BCUT2D eigenvalue weighted by Crippen LogP contribution is 2.32. The lowest BCUT2D eigenvalue weighted by Gasteiger charge is -2.25. The Morgan fingerprint density at radius 3 is 2.60 bits per heavy atom. The van der Waals surface area contributed by atoms with Gasteiger partial charge in [0.1, 0.15) is 4.90 Å². The minimum atomic E-state index is -3.39. The van der Waals surface area contributed by atoms with Crippen molar-refractivity contribution in [3.8, 4) is 0 Å². The van der Waals surface area contributed by atoms with Crippen molar-refractivity contribution in [1.29, 1.82) is 0 Å². The molecule has 0 amide bonds. The second-order valence-electron chi connectivity index (χ2n) is 5.92. The van der Waals surface area contributed by atoms with Crippen molar-refractivity contribution >= 4 is 10.0 Å². The van der Waals surface area contributed by atoms with E-state index < -0.39 is 10.0 Å². The second-order valence-corrected chi connectivity index (χ2v) is 7.81. The Morgan fingerprint density at radius 2 is 2.10 bits per heavy atom. The van der Waals surface area contributed by atoms with E-state index in [1.54, 1.807) is 16.6 Å². The molecule has 0 unspecified atom stereocenters. The van der Waals surface area contributed by atoms with Crippen LogP contribution in [0, 0.1) is 5.92 Å². The fourth-order valence-electron chi connectivity index (χ4n) is 2.35. The van der Waals surface area contributed by atoms with E-state index in [0.29, 0.717) is 23.9 Å². The van der Waals surface area contributed by atoms with Crippen molar-refractivity contribution in [3.05, 3.63) is 18.0 Å². The van der Waals surface area contributed by atoms with Gasteiger partial charge in [-0.3, -0.25) is 0 Å². The van der Waals surface area contributed by atoms with Gasteiger partial charge >= 0.3 is 0 Å². The number of nitrogens with one attached hydrogen (secondary N) is 1. The Hall–Kier alpha value is -0.850. The molecule has 0 radical (unpaired) electrons. The first-order valence-electron chi connectivity index (χ1n) is 7.18. The van der Waals surface area contributed by atoms with E-state index in [-0.39, 0.29) is 6.04 Å². The average molecular weight is 299 g/mol. The molecule has 0 spiro atoms. The predicted octanol–water partition coefficient (Wildman–Crippen LogP) is 1.55. The van der Waals surface area contributed by atoms with Gasteiger partial charge in [0, 0.05) is 38.1 Å². The highest BCUT2D eigenvalue weighted by molar-refractivity contribution is 7.89. The lowest BCUT2D eigenvalue weighted by atomic mass is 10.3. The topological polar surface area (TPSA) is 54.3 Å². The quantitative estimate of drug-likeness (QED) is 0.831. The van der Waals surface area contributed by atoms with Crippen molar-refractivity contribution in [2.75, 3.05) is 13.6 Å². The van der Waals surface area contributed by atoms with Gasteiger partial charge in [0.05, 0.1) is 0 Å². The van der Waals surface area contributed by atoms with Crippen molar-refractivity contribution in [1.82, 2.24) is 14.2 Å². The number of aryl methyl sites for hydroxylation is 1. The van der Waals surface area contributed by atoms with Crippen molar-refractivity contribution in [2.24, 2.45) is 13.0 Å². The zero-order valence-electron chi connectivity index (χ0n) is 12.8. The minimum absolute atomic E-state index is 0.00597. The zero-order valence-corrected chi connectivity index (χ0v) is 13.6. The van der Waals surface area contributed by atoms with E-state index >= 15 is 0 Å². The average Bonchev–Trinajstić information content (AvgIpc) is 3.10. The maximum atomic E-state index is 12.8. The summed E-state index contributed by atoms with van der Waals surface area (Å²) in [5.74, 6) is 0.549. The summed E-state index contributed by atoms with van der Waals surface area (Å²) < 4.78 is 29.1.